The maximum atomic E-state index is 8.16. The molecule has 72 valence electrons. The molecule has 0 aliphatic rings. The van der Waals surface area contributed by atoms with Crippen molar-refractivity contribution in [1.29, 1.82) is 0 Å². The van der Waals surface area contributed by atoms with Crippen LogP contribution >= 0.6 is 0 Å². The molecule has 14 heavy (non-hydrogen) atoms. The molecule has 0 aliphatic carbocycles. The molecule has 0 amide bonds. The van der Waals surface area contributed by atoms with Gasteiger partial charge in [-0.1, -0.05) is 6.08 Å². The second-order valence-corrected chi connectivity index (χ2v) is 2.18. The van der Waals surface area contributed by atoms with Crippen LogP contribution in [0.25, 0.3) is 10.4 Å². The molecule has 1 aromatic heterocycles. The highest BCUT2D eigenvalue weighted by Gasteiger charge is 2.00. The molecule has 0 bridgehead atoms. The lowest BCUT2D eigenvalue weighted by atomic mass is 10.6. The van der Waals surface area contributed by atoms with Gasteiger partial charge in [-0.15, -0.1) is 6.58 Å². The van der Waals surface area contributed by atoms with Crippen LogP contribution in [0.1, 0.15) is 0 Å². The first kappa shape index (κ1) is 9.75. The zero-order valence-electron chi connectivity index (χ0n) is 7.25. The van der Waals surface area contributed by atoms with Crippen LogP contribution in [0.15, 0.2) is 17.8 Å². The molecular formula is C6H8N8. The molecule has 0 aromatic carbocycles. The van der Waals surface area contributed by atoms with Crippen molar-refractivity contribution in [2.75, 3.05) is 17.6 Å². The SMILES string of the molecule is C=CCNc1nc(N)nc(N=[N+]=[N-])n1. The zero-order chi connectivity index (χ0) is 10.4. The van der Waals surface area contributed by atoms with E-state index in [4.69, 9.17) is 11.3 Å². The van der Waals surface area contributed by atoms with Gasteiger partial charge in [0.25, 0.3) is 0 Å². The second-order valence-electron chi connectivity index (χ2n) is 2.18. The molecule has 0 spiro atoms. The Bertz CT molecular complexity index is 379. The van der Waals surface area contributed by atoms with E-state index in [1.54, 1.807) is 6.08 Å². The van der Waals surface area contributed by atoms with Crippen molar-refractivity contribution < 1.29 is 0 Å². The van der Waals surface area contributed by atoms with Gasteiger partial charge in [0.05, 0.1) is 0 Å². The van der Waals surface area contributed by atoms with Crippen molar-refractivity contribution in [3.8, 4) is 0 Å². The highest BCUT2D eigenvalue weighted by molar-refractivity contribution is 5.37. The maximum Gasteiger partial charge on any atom is 0.228 e. The van der Waals surface area contributed by atoms with Gasteiger partial charge < -0.3 is 11.1 Å². The van der Waals surface area contributed by atoms with E-state index in [0.29, 0.717) is 6.54 Å². The Morgan fingerprint density at radius 1 is 1.57 bits per heavy atom. The van der Waals surface area contributed by atoms with E-state index in [1.165, 1.54) is 0 Å². The second kappa shape index (κ2) is 4.63. The topological polar surface area (TPSA) is 125 Å². The molecule has 0 saturated heterocycles. The molecule has 0 radical (unpaired) electrons. The van der Waals surface area contributed by atoms with Crippen LogP contribution in [0.2, 0.25) is 0 Å². The van der Waals surface area contributed by atoms with Gasteiger partial charge in [0.1, 0.15) is 0 Å². The molecule has 1 aromatic rings. The molecule has 8 nitrogen and oxygen atoms in total. The van der Waals surface area contributed by atoms with Gasteiger partial charge in [-0.25, -0.2) is 0 Å². The molecule has 3 N–H and O–H groups in total. The van der Waals surface area contributed by atoms with Crippen LogP contribution < -0.4 is 11.1 Å². The molecule has 0 atom stereocenters. The lowest BCUT2D eigenvalue weighted by molar-refractivity contribution is 1.03. The molecule has 0 saturated carbocycles. The highest BCUT2D eigenvalue weighted by atomic mass is 15.3. The normalized spacial score (nSPS) is 8.86. The lowest BCUT2D eigenvalue weighted by Crippen LogP contribution is -2.06. The van der Waals surface area contributed by atoms with E-state index < -0.39 is 0 Å². The first-order chi connectivity index (χ1) is 6.76. The summed E-state index contributed by atoms with van der Waals surface area (Å²) in [5.41, 5.74) is 13.5. The van der Waals surface area contributed by atoms with Gasteiger partial charge in [0.2, 0.25) is 17.8 Å². The Hall–Kier alpha value is -2.34. The predicted molar refractivity (Wildman–Crippen MR) is 51.7 cm³/mol. The van der Waals surface area contributed by atoms with Crippen molar-refractivity contribution in [1.82, 2.24) is 15.0 Å². The van der Waals surface area contributed by atoms with Crippen molar-refractivity contribution >= 4 is 17.8 Å². The monoisotopic (exact) mass is 192 g/mol. The van der Waals surface area contributed by atoms with Crippen LogP contribution in [0.5, 0.6) is 0 Å². The minimum absolute atomic E-state index is 0.00559. The van der Waals surface area contributed by atoms with Gasteiger partial charge in [0.15, 0.2) is 0 Å². The first-order valence-electron chi connectivity index (χ1n) is 3.67. The summed E-state index contributed by atoms with van der Waals surface area (Å²) >= 11 is 0. The summed E-state index contributed by atoms with van der Waals surface area (Å²) in [6.07, 6.45) is 1.63. The number of rotatable bonds is 4. The Balaban J connectivity index is 2.94. The van der Waals surface area contributed by atoms with Crippen LogP contribution in [0, 0.1) is 0 Å². The molecule has 8 heteroatoms. The van der Waals surface area contributed by atoms with Crippen molar-refractivity contribution in [3.63, 3.8) is 0 Å². The molecule has 1 heterocycles. The van der Waals surface area contributed by atoms with Crippen LogP contribution in [0.3, 0.4) is 0 Å². The number of azide groups is 1. The number of hydrogen-bond acceptors (Lipinski definition) is 6. The minimum Gasteiger partial charge on any atom is -0.368 e. The van der Waals surface area contributed by atoms with Gasteiger partial charge in [-0.2, -0.15) is 15.0 Å². The van der Waals surface area contributed by atoms with Crippen molar-refractivity contribution in [3.05, 3.63) is 23.1 Å². The third-order valence-corrected chi connectivity index (χ3v) is 1.18. The third-order valence-electron chi connectivity index (χ3n) is 1.18. The first-order valence-corrected chi connectivity index (χ1v) is 3.67. The van der Waals surface area contributed by atoms with Gasteiger partial charge in [-0.3, -0.25) is 0 Å². The number of nitrogens with zero attached hydrogens (tertiary/aromatic N) is 6. The molecular weight excluding hydrogens is 184 g/mol. The van der Waals surface area contributed by atoms with Crippen molar-refractivity contribution in [2.45, 2.75) is 0 Å². The van der Waals surface area contributed by atoms with E-state index in [-0.39, 0.29) is 17.8 Å². The number of aromatic nitrogens is 3. The number of nitrogen functional groups attached to an aromatic ring is 1. The number of anilines is 2. The number of nitrogens with two attached hydrogens (primary N) is 1. The largest absolute Gasteiger partial charge is 0.368 e. The average molecular weight is 192 g/mol. The Kier molecular flexibility index (Phi) is 3.22. The molecule has 0 unspecified atom stereocenters. The summed E-state index contributed by atoms with van der Waals surface area (Å²) in [4.78, 5) is 13.7. The quantitative estimate of drug-likeness (QED) is 0.318. The van der Waals surface area contributed by atoms with E-state index in [9.17, 15) is 0 Å². The summed E-state index contributed by atoms with van der Waals surface area (Å²) in [5, 5.41) is 6.00. The van der Waals surface area contributed by atoms with Crippen LogP contribution in [-0.2, 0) is 0 Å². The Morgan fingerprint density at radius 3 is 3.00 bits per heavy atom. The lowest BCUT2D eigenvalue weighted by Gasteiger charge is -2.01. The van der Waals surface area contributed by atoms with Gasteiger partial charge in [0, 0.05) is 11.5 Å². The van der Waals surface area contributed by atoms with E-state index >= 15 is 0 Å². The van der Waals surface area contributed by atoms with E-state index in [2.05, 4.69) is 36.9 Å². The fourth-order valence-corrected chi connectivity index (χ4v) is 0.708. The predicted octanol–water partition coefficient (Wildman–Crippen LogP) is 0.993. The third kappa shape index (κ3) is 2.61. The fraction of sp³-hybridized carbons (Fsp3) is 0.167. The molecule has 0 aliphatic heterocycles. The zero-order valence-corrected chi connectivity index (χ0v) is 7.25. The summed E-state index contributed by atoms with van der Waals surface area (Å²) in [5.74, 6) is 0.181. The molecule has 1 rings (SSSR count). The Labute approximate surface area is 79.5 Å². The number of nitrogens with one attached hydrogen (secondary N) is 1. The standard InChI is InChI=1S/C6H8N8/c1-2-3-9-5-10-4(7)11-6(12-5)13-14-8/h2H,1,3H2,(H3,7,9,10,11,12). The van der Waals surface area contributed by atoms with Gasteiger partial charge in [-0.05, 0) is 10.6 Å². The summed E-state index contributed by atoms with van der Waals surface area (Å²) in [6.45, 7) is 4.00. The number of hydrogen-bond donors (Lipinski definition) is 2. The van der Waals surface area contributed by atoms with Crippen LogP contribution in [0.4, 0.5) is 17.8 Å². The highest BCUT2D eigenvalue weighted by Crippen LogP contribution is 2.09. The fourth-order valence-electron chi connectivity index (χ4n) is 0.708. The Morgan fingerprint density at radius 2 is 2.36 bits per heavy atom. The smallest absolute Gasteiger partial charge is 0.228 e. The average Bonchev–Trinajstić information content (AvgIpc) is 2.14. The summed E-state index contributed by atoms with van der Waals surface area (Å²) in [6, 6.07) is 0. The summed E-state index contributed by atoms with van der Waals surface area (Å²) < 4.78 is 0. The van der Waals surface area contributed by atoms with Crippen molar-refractivity contribution in [2.24, 2.45) is 5.11 Å². The van der Waals surface area contributed by atoms with E-state index in [1.807, 2.05) is 0 Å². The van der Waals surface area contributed by atoms with Crippen LogP contribution in [-0.4, -0.2) is 21.5 Å². The maximum absolute atomic E-state index is 8.16. The molecule has 0 fully saturated rings. The van der Waals surface area contributed by atoms with E-state index in [0.717, 1.165) is 0 Å². The minimum atomic E-state index is -0.0634. The van der Waals surface area contributed by atoms with Gasteiger partial charge >= 0.3 is 0 Å². The summed E-state index contributed by atoms with van der Waals surface area (Å²) in [7, 11) is 0.